The molecule has 1 aromatic carbocycles. The molecule has 2 rings (SSSR count). The number of para-hydroxylation sites is 1. The number of hydrogen-bond donors (Lipinski definition) is 1. The molecule has 1 fully saturated rings. The topological polar surface area (TPSA) is 41.9 Å². The Morgan fingerprint density at radius 1 is 1.35 bits per heavy atom. The fourth-order valence-electron chi connectivity index (χ4n) is 2.60. The number of methoxy groups -OCH3 is 1. The molecule has 4 heteroatoms. The van der Waals surface area contributed by atoms with Crippen LogP contribution in [-0.4, -0.2) is 49.5 Å². The van der Waals surface area contributed by atoms with Crippen LogP contribution in [0.15, 0.2) is 18.2 Å². The summed E-state index contributed by atoms with van der Waals surface area (Å²) < 4.78 is 11.6. The predicted molar refractivity (Wildman–Crippen MR) is 79.5 cm³/mol. The first kappa shape index (κ1) is 15.1. The molecule has 4 nitrogen and oxygen atoms in total. The SMILES string of the molecule is COc1cccc(CC(C)O)c1OC1CCN(C)CC1. The van der Waals surface area contributed by atoms with Crippen LogP contribution < -0.4 is 9.47 Å². The van der Waals surface area contributed by atoms with Crippen LogP contribution in [0.25, 0.3) is 0 Å². The second-order valence-electron chi connectivity index (χ2n) is 5.62. The molecule has 0 bridgehead atoms. The van der Waals surface area contributed by atoms with Crippen molar-refractivity contribution in [3.05, 3.63) is 23.8 Å². The highest BCUT2D eigenvalue weighted by Gasteiger charge is 2.21. The number of hydrogen-bond acceptors (Lipinski definition) is 4. The highest BCUT2D eigenvalue weighted by Crippen LogP contribution is 2.34. The number of rotatable bonds is 5. The molecule has 0 aliphatic carbocycles. The Hall–Kier alpha value is -1.26. The van der Waals surface area contributed by atoms with Crippen molar-refractivity contribution in [3.8, 4) is 11.5 Å². The summed E-state index contributed by atoms with van der Waals surface area (Å²) in [6, 6.07) is 5.85. The second-order valence-corrected chi connectivity index (χ2v) is 5.62. The Kier molecular flexibility index (Phi) is 5.26. The van der Waals surface area contributed by atoms with Gasteiger partial charge in [0.25, 0.3) is 0 Å². The first-order chi connectivity index (χ1) is 9.60. The molecule has 1 heterocycles. The van der Waals surface area contributed by atoms with E-state index in [1.54, 1.807) is 14.0 Å². The number of piperidine rings is 1. The maximum atomic E-state index is 9.63. The predicted octanol–water partition coefficient (Wildman–Crippen LogP) is 2.09. The largest absolute Gasteiger partial charge is 0.493 e. The van der Waals surface area contributed by atoms with Crippen molar-refractivity contribution in [2.45, 2.75) is 38.4 Å². The van der Waals surface area contributed by atoms with E-state index in [4.69, 9.17) is 9.47 Å². The summed E-state index contributed by atoms with van der Waals surface area (Å²) in [5, 5.41) is 9.63. The van der Waals surface area contributed by atoms with Gasteiger partial charge in [0, 0.05) is 25.1 Å². The monoisotopic (exact) mass is 279 g/mol. The van der Waals surface area contributed by atoms with Crippen molar-refractivity contribution in [1.82, 2.24) is 4.90 Å². The third-order valence-electron chi connectivity index (χ3n) is 3.75. The summed E-state index contributed by atoms with van der Waals surface area (Å²) in [6.45, 7) is 3.91. The van der Waals surface area contributed by atoms with E-state index in [1.807, 2.05) is 18.2 Å². The van der Waals surface area contributed by atoms with Crippen molar-refractivity contribution in [2.24, 2.45) is 0 Å². The van der Waals surface area contributed by atoms with E-state index in [0.29, 0.717) is 6.42 Å². The zero-order chi connectivity index (χ0) is 14.5. The quantitative estimate of drug-likeness (QED) is 0.896. The zero-order valence-corrected chi connectivity index (χ0v) is 12.6. The minimum absolute atomic E-state index is 0.232. The van der Waals surface area contributed by atoms with Crippen molar-refractivity contribution >= 4 is 0 Å². The average Bonchev–Trinajstić information content (AvgIpc) is 2.42. The lowest BCUT2D eigenvalue weighted by atomic mass is 10.1. The molecule has 1 unspecified atom stereocenters. The molecular formula is C16H25NO3. The zero-order valence-electron chi connectivity index (χ0n) is 12.6. The van der Waals surface area contributed by atoms with Crippen LogP contribution in [0.2, 0.25) is 0 Å². The van der Waals surface area contributed by atoms with Gasteiger partial charge in [-0.05, 0) is 32.9 Å². The molecule has 1 atom stereocenters. The van der Waals surface area contributed by atoms with Gasteiger partial charge in [0.1, 0.15) is 6.10 Å². The minimum atomic E-state index is -0.387. The number of ether oxygens (including phenoxy) is 2. The van der Waals surface area contributed by atoms with E-state index in [-0.39, 0.29) is 12.2 Å². The maximum absolute atomic E-state index is 9.63. The molecule has 0 saturated carbocycles. The first-order valence-corrected chi connectivity index (χ1v) is 7.29. The molecule has 1 aromatic rings. The molecule has 1 aliphatic rings. The number of nitrogens with zero attached hydrogens (tertiary/aromatic N) is 1. The molecule has 0 aromatic heterocycles. The average molecular weight is 279 g/mol. The normalized spacial score (nSPS) is 18.8. The van der Waals surface area contributed by atoms with Crippen LogP contribution in [0.1, 0.15) is 25.3 Å². The van der Waals surface area contributed by atoms with Crippen LogP contribution in [0.3, 0.4) is 0 Å². The van der Waals surface area contributed by atoms with Crippen molar-refractivity contribution in [3.63, 3.8) is 0 Å². The van der Waals surface area contributed by atoms with E-state index >= 15 is 0 Å². The summed E-state index contributed by atoms with van der Waals surface area (Å²) in [4.78, 5) is 2.32. The Morgan fingerprint density at radius 2 is 2.05 bits per heavy atom. The number of likely N-dealkylation sites (tertiary alicyclic amines) is 1. The first-order valence-electron chi connectivity index (χ1n) is 7.29. The molecule has 112 valence electrons. The highest BCUT2D eigenvalue weighted by atomic mass is 16.5. The van der Waals surface area contributed by atoms with Gasteiger partial charge in [-0.2, -0.15) is 0 Å². The third kappa shape index (κ3) is 3.87. The summed E-state index contributed by atoms with van der Waals surface area (Å²) in [6.07, 6.45) is 2.49. The fraction of sp³-hybridized carbons (Fsp3) is 0.625. The Morgan fingerprint density at radius 3 is 2.65 bits per heavy atom. The van der Waals surface area contributed by atoms with Crippen LogP contribution >= 0.6 is 0 Å². The highest BCUT2D eigenvalue weighted by molar-refractivity contribution is 5.47. The molecule has 0 spiro atoms. The standard InChI is InChI=1S/C16H25NO3/c1-12(18)11-13-5-4-6-15(19-3)16(13)20-14-7-9-17(2)10-8-14/h4-6,12,14,18H,7-11H2,1-3H3. The molecular weight excluding hydrogens is 254 g/mol. The van der Waals surface area contributed by atoms with Gasteiger partial charge >= 0.3 is 0 Å². The van der Waals surface area contributed by atoms with Gasteiger partial charge in [-0.3, -0.25) is 0 Å². The lowest BCUT2D eigenvalue weighted by Crippen LogP contribution is -2.35. The van der Waals surface area contributed by atoms with E-state index in [0.717, 1.165) is 43.0 Å². The van der Waals surface area contributed by atoms with Gasteiger partial charge in [0.05, 0.1) is 13.2 Å². The van der Waals surface area contributed by atoms with Gasteiger partial charge in [0.15, 0.2) is 11.5 Å². The Balaban J connectivity index is 2.15. The fourth-order valence-corrected chi connectivity index (χ4v) is 2.60. The molecule has 1 aliphatic heterocycles. The van der Waals surface area contributed by atoms with Gasteiger partial charge < -0.3 is 19.5 Å². The summed E-state index contributed by atoms with van der Waals surface area (Å²) in [5.41, 5.74) is 1.01. The molecule has 0 amide bonds. The smallest absolute Gasteiger partial charge is 0.164 e. The lowest BCUT2D eigenvalue weighted by molar-refractivity contribution is 0.109. The van der Waals surface area contributed by atoms with Crippen LogP contribution in [0.5, 0.6) is 11.5 Å². The number of aliphatic hydroxyl groups is 1. The maximum Gasteiger partial charge on any atom is 0.164 e. The van der Waals surface area contributed by atoms with Gasteiger partial charge in [-0.15, -0.1) is 0 Å². The van der Waals surface area contributed by atoms with Crippen molar-refractivity contribution in [1.29, 1.82) is 0 Å². The Bertz CT molecular complexity index is 426. The third-order valence-corrected chi connectivity index (χ3v) is 3.75. The Labute approximate surface area is 121 Å². The van der Waals surface area contributed by atoms with Crippen molar-refractivity contribution < 1.29 is 14.6 Å². The van der Waals surface area contributed by atoms with E-state index in [9.17, 15) is 5.11 Å². The molecule has 1 N–H and O–H groups in total. The summed E-state index contributed by atoms with van der Waals surface area (Å²) in [7, 11) is 3.79. The lowest BCUT2D eigenvalue weighted by Gasteiger charge is -2.30. The molecule has 0 radical (unpaired) electrons. The number of aliphatic hydroxyl groups excluding tert-OH is 1. The number of benzene rings is 1. The van der Waals surface area contributed by atoms with Gasteiger partial charge in [-0.25, -0.2) is 0 Å². The van der Waals surface area contributed by atoms with Crippen LogP contribution in [0.4, 0.5) is 0 Å². The van der Waals surface area contributed by atoms with E-state index in [1.165, 1.54) is 0 Å². The van der Waals surface area contributed by atoms with Crippen LogP contribution in [-0.2, 0) is 6.42 Å². The molecule has 20 heavy (non-hydrogen) atoms. The van der Waals surface area contributed by atoms with E-state index < -0.39 is 0 Å². The summed E-state index contributed by atoms with van der Waals surface area (Å²) >= 11 is 0. The minimum Gasteiger partial charge on any atom is -0.493 e. The van der Waals surface area contributed by atoms with Gasteiger partial charge in [-0.1, -0.05) is 12.1 Å². The van der Waals surface area contributed by atoms with Gasteiger partial charge in [0.2, 0.25) is 0 Å². The van der Waals surface area contributed by atoms with E-state index in [2.05, 4.69) is 11.9 Å². The second kappa shape index (κ2) is 6.95. The van der Waals surface area contributed by atoms with Crippen LogP contribution in [0, 0.1) is 0 Å². The molecule has 1 saturated heterocycles. The summed E-state index contributed by atoms with van der Waals surface area (Å²) in [5.74, 6) is 1.55. The van der Waals surface area contributed by atoms with Crippen molar-refractivity contribution in [2.75, 3.05) is 27.2 Å².